The molecule has 0 radical (unpaired) electrons. The van der Waals surface area contributed by atoms with Crippen molar-refractivity contribution >= 4 is 5.97 Å². The summed E-state index contributed by atoms with van der Waals surface area (Å²) < 4.78 is 50.8. The van der Waals surface area contributed by atoms with Gasteiger partial charge in [0.15, 0.2) is 5.60 Å². The van der Waals surface area contributed by atoms with Gasteiger partial charge in [0.05, 0.1) is 6.61 Å². The first-order chi connectivity index (χ1) is 18.8. The fourth-order valence-corrected chi connectivity index (χ4v) is 3.94. The van der Waals surface area contributed by atoms with E-state index >= 15 is 0 Å². The average Bonchev–Trinajstić information content (AvgIpc) is 2.87. The van der Waals surface area contributed by atoms with Crippen LogP contribution in [0.3, 0.4) is 0 Å². The summed E-state index contributed by atoms with van der Waals surface area (Å²) in [6.45, 7) is 5.04. The maximum Gasteiger partial charge on any atom is 0.389 e. The number of nitrogens with zero attached hydrogens (tertiary/aromatic N) is 3. The Kier molecular flexibility index (Phi) is 12.7. The van der Waals surface area contributed by atoms with Crippen LogP contribution in [0.15, 0.2) is 33.9 Å². The number of carboxylic acids is 1. The molecule has 2 aromatic rings. The topological polar surface area (TPSA) is 113 Å². The Balaban J connectivity index is 1.98. The number of aryl methyl sites for hydroxylation is 2. The molecule has 1 N–H and O–H groups in total. The van der Waals surface area contributed by atoms with Crippen molar-refractivity contribution in [2.45, 2.75) is 110 Å². The minimum Gasteiger partial charge on any atom is -0.478 e. The highest BCUT2D eigenvalue weighted by Gasteiger charge is 2.29. The second-order valence-electron chi connectivity index (χ2n) is 10.3. The van der Waals surface area contributed by atoms with Gasteiger partial charge in [-0.2, -0.15) is 13.2 Å². The lowest BCUT2D eigenvalue weighted by Crippen LogP contribution is -2.42. The minimum atomic E-state index is -4.35. The Hall–Kier alpha value is -3.31. The molecule has 224 valence electrons. The number of aromatic nitrogens is 3. The van der Waals surface area contributed by atoms with Gasteiger partial charge in [-0.05, 0) is 63.6 Å². The first-order valence-corrected chi connectivity index (χ1v) is 13.8. The summed E-state index contributed by atoms with van der Waals surface area (Å²) in [7, 11) is 0. The van der Waals surface area contributed by atoms with Gasteiger partial charge < -0.3 is 14.6 Å². The first-order valence-electron chi connectivity index (χ1n) is 13.8. The van der Waals surface area contributed by atoms with E-state index in [0.717, 1.165) is 40.5 Å². The van der Waals surface area contributed by atoms with E-state index in [-0.39, 0.29) is 32.0 Å². The minimum absolute atomic E-state index is 0.146. The molecule has 1 heterocycles. The smallest absolute Gasteiger partial charge is 0.389 e. The summed E-state index contributed by atoms with van der Waals surface area (Å²) in [5.41, 5.74) is -1.75. The normalized spacial score (nSPS) is 11.9. The van der Waals surface area contributed by atoms with Crippen molar-refractivity contribution in [1.29, 1.82) is 0 Å². The fraction of sp³-hybridized carbons (Fsp3) is 0.643. The number of aliphatic carboxylic acids is 1. The lowest BCUT2D eigenvalue weighted by molar-refractivity contribution is -0.152. The summed E-state index contributed by atoms with van der Waals surface area (Å²) in [4.78, 5) is 36.9. The van der Waals surface area contributed by atoms with Gasteiger partial charge in [0.25, 0.3) is 5.88 Å². The maximum absolute atomic E-state index is 12.9. The summed E-state index contributed by atoms with van der Waals surface area (Å²) in [6.07, 6.45) is 0.710. The summed E-state index contributed by atoms with van der Waals surface area (Å²) in [5, 5.41) is 13.1. The highest BCUT2D eigenvalue weighted by atomic mass is 19.4. The quantitative estimate of drug-likeness (QED) is 0.240. The molecule has 1 aromatic heterocycles. The number of halogens is 3. The van der Waals surface area contributed by atoms with Gasteiger partial charge in [-0.1, -0.05) is 44.7 Å². The monoisotopic (exact) mass is 571 g/mol. The van der Waals surface area contributed by atoms with Crippen LogP contribution in [0.5, 0.6) is 11.6 Å². The zero-order valence-electron chi connectivity index (χ0n) is 23.5. The van der Waals surface area contributed by atoms with Crippen LogP contribution in [-0.4, -0.2) is 43.8 Å². The van der Waals surface area contributed by atoms with Gasteiger partial charge in [0.2, 0.25) is 0 Å². The van der Waals surface area contributed by atoms with E-state index in [0.29, 0.717) is 31.4 Å². The van der Waals surface area contributed by atoms with Crippen molar-refractivity contribution in [3.05, 3.63) is 50.7 Å². The van der Waals surface area contributed by atoms with Gasteiger partial charge in [0, 0.05) is 19.5 Å². The predicted octanol–water partition coefficient (Wildman–Crippen LogP) is 5.36. The number of carbonyl (C=O) groups is 1. The van der Waals surface area contributed by atoms with Gasteiger partial charge in [-0.15, -0.1) is 5.10 Å². The van der Waals surface area contributed by atoms with Crippen molar-refractivity contribution in [1.82, 2.24) is 14.3 Å². The summed E-state index contributed by atoms with van der Waals surface area (Å²) >= 11 is 0. The molecule has 0 saturated heterocycles. The molecule has 0 saturated carbocycles. The van der Waals surface area contributed by atoms with Gasteiger partial charge in [-0.25, -0.2) is 14.3 Å². The van der Waals surface area contributed by atoms with Crippen LogP contribution in [0, 0.1) is 0 Å². The molecule has 9 nitrogen and oxygen atoms in total. The van der Waals surface area contributed by atoms with E-state index in [1.165, 1.54) is 13.8 Å². The molecule has 40 heavy (non-hydrogen) atoms. The van der Waals surface area contributed by atoms with Crippen LogP contribution < -0.4 is 20.7 Å². The number of hydrogen-bond donors (Lipinski definition) is 1. The molecule has 0 aliphatic heterocycles. The van der Waals surface area contributed by atoms with Crippen LogP contribution in [0.1, 0.15) is 84.1 Å². The Morgan fingerprint density at radius 2 is 1.62 bits per heavy atom. The Labute approximate surface area is 231 Å². The van der Waals surface area contributed by atoms with Crippen LogP contribution in [0.4, 0.5) is 13.2 Å². The maximum atomic E-state index is 12.9. The average molecular weight is 572 g/mol. The molecular weight excluding hydrogens is 531 g/mol. The van der Waals surface area contributed by atoms with Gasteiger partial charge >= 0.3 is 23.4 Å². The molecule has 0 aliphatic rings. The third kappa shape index (κ3) is 11.1. The van der Waals surface area contributed by atoms with E-state index < -0.39 is 35.4 Å². The number of ether oxygens (including phenoxy) is 2. The van der Waals surface area contributed by atoms with Crippen LogP contribution >= 0.6 is 0 Å². The standard InChI is InChI=1S/C28H40F3N3O6/c1-4-5-6-7-9-18-33-24(35)23(32-34(26(33)38)19-11-17-28(29,30)31)39-20-10-8-12-21-13-15-22(16-14-21)40-27(2,3)25(36)37/h13-16H,4-12,17-20H2,1-3H3,(H,36,37). The van der Waals surface area contributed by atoms with Gasteiger partial charge in [0.1, 0.15) is 5.75 Å². The van der Waals surface area contributed by atoms with Crippen molar-refractivity contribution in [3.8, 4) is 11.6 Å². The molecule has 0 fully saturated rings. The highest BCUT2D eigenvalue weighted by molar-refractivity contribution is 5.76. The van der Waals surface area contributed by atoms with Crippen molar-refractivity contribution in [3.63, 3.8) is 0 Å². The third-order valence-electron chi connectivity index (χ3n) is 6.32. The lowest BCUT2D eigenvalue weighted by atomic mass is 10.1. The predicted molar refractivity (Wildman–Crippen MR) is 144 cm³/mol. The first kappa shape index (κ1) is 32.9. The molecule has 0 spiro atoms. The molecule has 12 heteroatoms. The number of benzene rings is 1. The Morgan fingerprint density at radius 1 is 0.950 bits per heavy atom. The number of unbranched alkanes of at least 4 members (excludes halogenated alkanes) is 5. The fourth-order valence-electron chi connectivity index (χ4n) is 3.94. The van der Waals surface area contributed by atoms with Crippen LogP contribution in [-0.2, 0) is 24.3 Å². The molecule has 0 amide bonds. The van der Waals surface area contributed by atoms with Crippen molar-refractivity contribution < 1.29 is 32.5 Å². The van der Waals surface area contributed by atoms with Crippen molar-refractivity contribution in [2.24, 2.45) is 0 Å². The number of hydrogen-bond acceptors (Lipinski definition) is 6. The molecule has 0 unspecified atom stereocenters. The van der Waals surface area contributed by atoms with E-state index in [4.69, 9.17) is 9.47 Å². The number of rotatable bonds is 18. The van der Waals surface area contributed by atoms with E-state index in [2.05, 4.69) is 12.0 Å². The number of alkyl halides is 3. The Bertz CT molecular complexity index is 1190. The second kappa shape index (κ2) is 15.5. The SMILES string of the molecule is CCCCCCCn1c(=O)c(OCCCCc2ccc(OC(C)(C)C(=O)O)cc2)nn(CCCC(F)(F)F)c1=O. The largest absolute Gasteiger partial charge is 0.478 e. The van der Waals surface area contributed by atoms with Crippen LogP contribution in [0.2, 0.25) is 0 Å². The summed E-state index contributed by atoms with van der Waals surface area (Å²) in [5.74, 6) is -0.915. The zero-order chi connectivity index (χ0) is 29.8. The summed E-state index contributed by atoms with van der Waals surface area (Å²) in [6, 6.07) is 7.08. The Morgan fingerprint density at radius 3 is 2.25 bits per heavy atom. The molecule has 0 bridgehead atoms. The highest BCUT2D eigenvalue weighted by Crippen LogP contribution is 2.22. The van der Waals surface area contributed by atoms with E-state index in [1.54, 1.807) is 12.1 Å². The van der Waals surface area contributed by atoms with Crippen molar-refractivity contribution in [2.75, 3.05) is 6.61 Å². The molecular formula is C28H40F3N3O6. The van der Waals surface area contributed by atoms with Gasteiger partial charge in [-0.3, -0.25) is 9.36 Å². The van der Waals surface area contributed by atoms with E-state index in [1.807, 2.05) is 12.1 Å². The molecule has 2 rings (SSSR count). The van der Waals surface area contributed by atoms with Crippen LogP contribution in [0.25, 0.3) is 0 Å². The molecule has 0 atom stereocenters. The number of carboxylic acid groups (broad SMARTS) is 1. The van der Waals surface area contributed by atoms with E-state index in [9.17, 15) is 32.7 Å². The molecule has 0 aliphatic carbocycles. The third-order valence-corrected chi connectivity index (χ3v) is 6.32. The lowest BCUT2D eigenvalue weighted by Gasteiger charge is -2.21. The second-order valence-corrected chi connectivity index (χ2v) is 10.3. The zero-order valence-corrected chi connectivity index (χ0v) is 23.5. The molecule has 1 aromatic carbocycles.